The van der Waals surface area contributed by atoms with Gasteiger partial charge in [-0.1, -0.05) is 0 Å². The summed E-state index contributed by atoms with van der Waals surface area (Å²) in [5, 5.41) is 3.42. The first-order valence-corrected chi connectivity index (χ1v) is 8.57. The Morgan fingerprint density at radius 2 is 2.26 bits per heavy atom. The van der Waals surface area contributed by atoms with E-state index in [9.17, 15) is 4.79 Å². The lowest BCUT2D eigenvalue weighted by molar-refractivity contribution is 0.0137. The lowest BCUT2D eigenvalue weighted by atomic mass is 10.2. The maximum absolute atomic E-state index is 12.2. The maximum Gasteiger partial charge on any atom is 0.410 e. The molecule has 3 aliphatic heterocycles. The number of nitrogens with one attached hydrogen (secondary N) is 1. The molecular weight excluding hydrogens is 296 g/mol. The van der Waals surface area contributed by atoms with Crippen molar-refractivity contribution in [1.82, 2.24) is 15.1 Å². The van der Waals surface area contributed by atoms with Gasteiger partial charge in [0, 0.05) is 32.8 Å². The minimum atomic E-state index is -0.450. The number of nitrogens with zero attached hydrogens (tertiary/aromatic N) is 3. The van der Waals surface area contributed by atoms with Crippen molar-refractivity contribution in [3.63, 3.8) is 0 Å². The zero-order valence-corrected chi connectivity index (χ0v) is 14.4. The third-order valence-corrected chi connectivity index (χ3v) is 4.37. The van der Waals surface area contributed by atoms with Crippen LogP contribution in [0, 0.1) is 0 Å². The summed E-state index contributed by atoms with van der Waals surface area (Å²) < 4.78 is 11.1. The summed E-state index contributed by atoms with van der Waals surface area (Å²) in [5.74, 6) is 0.953. The van der Waals surface area contributed by atoms with Crippen molar-refractivity contribution in [1.29, 1.82) is 0 Å². The molecule has 130 valence electrons. The molecule has 1 amide bonds. The van der Waals surface area contributed by atoms with Crippen LogP contribution in [0.2, 0.25) is 0 Å². The van der Waals surface area contributed by atoms with Gasteiger partial charge < -0.3 is 24.6 Å². The van der Waals surface area contributed by atoms with Crippen LogP contribution in [0.1, 0.15) is 33.6 Å². The zero-order chi connectivity index (χ0) is 16.4. The Bertz CT molecular complexity index is 468. The van der Waals surface area contributed by atoms with Crippen LogP contribution in [-0.2, 0) is 9.47 Å². The van der Waals surface area contributed by atoms with Crippen molar-refractivity contribution >= 4 is 12.1 Å². The van der Waals surface area contributed by atoms with E-state index in [0.717, 1.165) is 45.0 Å². The molecule has 0 aliphatic carbocycles. The Labute approximate surface area is 138 Å². The van der Waals surface area contributed by atoms with Crippen molar-refractivity contribution in [3.05, 3.63) is 0 Å². The van der Waals surface area contributed by atoms with E-state index in [-0.39, 0.29) is 12.1 Å². The van der Waals surface area contributed by atoms with E-state index in [0.29, 0.717) is 19.2 Å². The first kappa shape index (κ1) is 16.4. The fourth-order valence-corrected chi connectivity index (χ4v) is 3.23. The van der Waals surface area contributed by atoms with E-state index in [1.54, 1.807) is 4.90 Å². The molecule has 3 rings (SSSR count). The van der Waals surface area contributed by atoms with Gasteiger partial charge in [0.15, 0.2) is 5.96 Å². The number of guanidine groups is 1. The summed E-state index contributed by atoms with van der Waals surface area (Å²) in [4.78, 5) is 20.9. The Morgan fingerprint density at radius 1 is 1.43 bits per heavy atom. The SMILES string of the molecule is CC(C)(C)OC(=O)N1CCN2C(NCC3CCCO3)=NCC2C1. The summed E-state index contributed by atoms with van der Waals surface area (Å²) >= 11 is 0. The normalized spacial score (nSPS) is 27.7. The molecule has 0 saturated carbocycles. The molecule has 3 heterocycles. The summed E-state index contributed by atoms with van der Waals surface area (Å²) in [5.41, 5.74) is -0.450. The fraction of sp³-hybridized carbons (Fsp3) is 0.875. The number of piperazine rings is 1. The molecule has 23 heavy (non-hydrogen) atoms. The fourth-order valence-electron chi connectivity index (χ4n) is 3.23. The molecule has 0 spiro atoms. The number of rotatable bonds is 2. The second kappa shape index (κ2) is 6.55. The van der Waals surface area contributed by atoms with E-state index < -0.39 is 5.60 Å². The zero-order valence-electron chi connectivity index (χ0n) is 14.4. The lowest BCUT2D eigenvalue weighted by Gasteiger charge is -2.39. The standard InChI is InChI=1S/C16H28N4O3/c1-16(2,3)23-15(21)19-6-7-20-12(11-19)9-17-14(20)18-10-13-5-4-8-22-13/h12-13H,4-11H2,1-3H3,(H,17,18). The molecule has 2 unspecified atom stereocenters. The highest BCUT2D eigenvalue weighted by Crippen LogP contribution is 2.19. The number of fused-ring (bicyclic) bond motifs is 1. The van der Waals surface area contributed by atoms with Crippen LogP contribution >= 0.6 is 0 Å². The molecule has 2 fully saturated rings. The molecular formula is C16H28N4O3. The summed E-state index contributed by atoms with van der Waals surface area (Å²) in [6, 6.07) is 0.253. The molecule has 7 nitrogen and oxygen atoms in total. The molecule has 3 aliphatic rings. The van der Waals surface area contributed by atoms with Crippen molar-refractivity contribution in [2.75, 3.05) is 39.3 Å². The molecule has 0 aromatic heterocycles. The number of carbonyl (C=O) groups excluding carboxylic acids is 1. The average Bonchev–Trinajstić information content (AvgIpc) is 3.12. The van der Waals surface area contributed by atoms with Gasteiger partial charge >= 0.3 is 6.09 Å². The second-order valence-corrected chi connectivity index (χ2v) is 7.45. The molecule has 2 atom stereocenters. The molecule has 0 aromatic carbocycles. The van der Waals surface area contributed by atoms with Gasteiger partial charge in [0.1, 0.15) is 5.60 Å². The quantitative estimate of drug-likeness (QED) is 0.822. The van der Waals surface area contributed by atoms with Crippen LogP contribution in [0.3, 0.4) is 0 Å². The molecule has 0 aromatic rings. The van der Waals surface area contributed by atoms with Gasteiger partial charge in [-0.3, -0.25) is 4.99 Å². The summed E-state index contributed by atoms with van der Waals surface area (Å²) in [6.45, 7) is 10.2. The lowest BCUT2D eigenvalue weighted by Crippen LogP contribution is -2.58. The van der Waals surface area contributed by atoms with Crippen LogP contribution in [0.25, 0.3) is 0 Å². The van der Waals surface area contributed by atoms with E-state index in [1.165, 1.54) is 0 Å². The minimum Gasteiger partial charge on any atom is -0.444 e. The second-order valence-electron chi connectivity index (χ2n) is 7.45. The highest BCUT2D eigenvalue weighted by atomic mass is 16.6. The van der Waals surface area contributed by atoms with Gasteiger partial charge in [-0.05, 0) is 33.6 Å². The van der Waals surface area contributed by atoms with Crippen molar-refractivity contribution in [3.8, 4) is 0 Å². The van der Waals surface area contributed by atoms with E-state index in [1.807, 2.05) is 20.8 Å². The number of aliphatic imine (C=N–C) groups is 1. The van der Waals surface area contributed by atoms with E-state index >= 15 is 0 Å². The van der Waals surface area contributed by atoms with Crippen LogP contribution < -0.4 is 5.32 Å². The van der Waals surface area contributed by atoms with Gasteiger partial charge in [0.25, 0.3) is 0 Å². The number of ether oxygens (including phenoxy) is 2. The van der Waals surface area contributed by atoms with Gasteiger partial charge in [-0.25, -0.2) is 4.79 Å². The maximum atomic E-state index is 12.2. The Hall–Kier alpha value is -1.50. The van der Waals surface area contributed by atoms with Crippen molar-refractivity contribution in [2.45, 2.75) is 51.4 Å². The third-order valence-electron chi connectivity index (χ3n) is 4.37. The minimum absolute atomic E-state index is 0.224. The highest BCUT2D eigenvalue weighted by molar-refractivity contribution is 5.82. The van der Waals surface area contributed by atoms with Crippen LogP contribution in [0.15, 0.2) is 4.99 Å². The first-order chi connectivity index (χ1) is 10.9. The summed E-state index contributed by atoms with van der Waals surface area (Å²) in [6.07, 6.45) is 2.35. The molecule has 0 bridgehead atoms. The van der Waals surface area contributed by atoms with Crippen LogP contribution in [0.4, 0.5) is 4.79 Å². The predicted octanol–water partition coefficient (Wildman–Crippen LogP) is 1.05. The number of amides is 1. The monoisotopic (exact) mass is 324 g/mol. The largest absolute Gasteiger partial charge is 0.444 e. The van der Waals surface area contributed by atoms with Crippen LogP contribution in [0.5, 0.6) is 0 Å². The van der Waals surface area contributed by atoms with Crippen LogP contribution in [-0.4, -0.2) is 78.9 Å². The predicted molar refractivity (Wildman–Crippen MR) is 87.6 cm³/mol. The van der Waals surface area contributed by atoms with Gasteiger partial charge in [-0.15, -0.1) is 0 Å². The molecule has 2 saturated heterocycles. The average molecular weight is 324 g/mol. The topological polar surface area (TPSA) is 66.4 Å². The molecule has 7 heteroatoms. The van der Waals surface area contributed by atoms with Gasteiger partial charge in [-0.2, -0.15) is 0 Å². The molecule has 0 radical (unpaired) electrons. The van der Waals surface area contributed by atoms with Crippen molar-refractivity contribution < 1.29 is 14.3 Å². The Morgan fingerprint density at radius 3 is 2.96 bits per heavy atom. The Kier molecular flexibility index (Phi) is 4.66. The number of carbonyl (C=O) groups is 1. The Balaban J connectivity index is 1.48. The van der Waals surface area contributed by atoms with Crippen molar-refractivity contribution in [2.24, 2.45) is 4.99 Å². The summed E-state index contributed by atoms with van der Waals surface area (Å²) in [7, 11) is 0. The van der Waals surface area contributed by atoms with E-state index in [4.69, 9.17) is 9.47 Å². The number of hydrogen-bond donors (Lipinski definition) is 1. The van der Waals surface area contributed by atoms with Gasteiger partial charge in [0.05, 0.1) is 18.7 Å². The van der Waals surface area contributed by atoms with E-state index in [2.05, 4.69) is 15.2 Å². The first-order valence-electron chi connectivity index (χ1n) is 8.57. The smallest absolute Gasteiger partial charge is 0.410 e. The van der Waals surface area contributed by atoms with Gasteiger partial charge in [0.2, 0.25) is 0 Å². The molecule has 1 N–H and O–H groups in total. The number of hydrogen-bond acceptors (Lipinski definition) is 6. The third kappa shape index (κ3) is 4.07. The highest BCUT2D eigenvalue weighted by Gasteiger charge is 2.36.